The zero-order valence-electron chi connectivity index (χ0n) is 10.3. The Hall–Kier alpha value is -0.570. The van der Waals surface area contributed by atoms with Crippen LogP contribution in [0.25, 0.3) is 0 Å². The van der Waals surface area contributed by atoms with E-state index in [4.69, 9.17) is 9.84 Å². The highest BCUT2D eigenvalue weighted by Gasteiger charge is 2.50. The lowest BCUT2D eigenvalue weighted by Crippen LogP contribution is -2.32. The highest BCUT2D eigenvalue weighted by molar-refractivity contribution is 5.70. The summed E-state index contributed by atoms with van der Waals surface area (Å²) in [5.41, 5.74) is 0. The molecule has 0 saturated heterocycles. The fourth-order valence-corrected chi connectivity index (χ4v) is 3.47. The average Bonchev–Trinajstić information content (AvgIpc) is 2.67. The molecule has 0 aromatic carbocycles. The van der Waals surface area contributed by atoms with Gasteiger partial charge in [-0.2, -0.15) is 0 Å². The van der Waals surface area contributed by atoms with Gasteiger partial charge in [-0.1, -0.05) is 13.8 Å². The molecule has 92 valence electrons. The highest BCUT2D eigenvalue weighted by Crippen LogP contribution is 2.52. The molecule has 16 heavy (non-hydrogen) atoms. The predicted molar refractivity (Wildman–Crippen MR) is 60.7 cm³/mol. The second kappa shape index (κ2) is 4.36. The van der Waals surface area contributed by atoms with E-state index in [0.717, 1.165) is 18.3 Å². The molecule has 3 heteroatoms. The Balaban J connectivity index is 1.87. The van der Waals surface area contributed by atoms with E-state index in [1.807, 2.05) is 0 Å². The molecular formula is C13H22O3. The topological polar surface area (TPSA) is 46.5 Å². The number of ether oxygens (including phenoxy) is 1. The summed E-state index contributed by atoms with van der Waals surface area (Å²) in [6, 6.07) is 0. The molecule has 2 aliphatic carbocycles. The van der Waals surface area contributed by atoms with Crippen LogP contribution in [0.5, 0.6) is 0 Å². The van der Waals surface area contributed by atoms with Gasteiger partial charge in [-0.05, 0) is 43.4 Å². The number of fused-ring (bicyclic) bond motifs is 2. The number of rotatable bonds is 3. The van der Waals surface area contributed by atoms with Crippen LogP contribution >= 0.6 is 0 Å². The van der Waals surface area contributed by atoms with Gasteiger partial charge in [0, 0.05) is 0 Å². The van der Waals surface area contributed by atoms with E-state index in [-0.39, 0.29) is 18.5 Å². The van der Waals surface area contributed by atoms with Crippen molar-refractivity contribution in [2.24, 2.45) is 23.7 Å². The third-order valence-corrected chi connectivity index (χ3v) is 4.58. The summed E-state index contributed by atoms with van der Waals surface area (Å²) in [6.07, 6.45) is 1.89. The standard InChI is InChI=1S/C13H22O3/c1-7(14)4-13(15)16-12-6-10-5-11(12)9(3)8(10)2/h7-12,14H,4-6H2,1-3H3. The van der Waals surface area contributed by atoms with E-state index in [0.29, 0.717) is 11.8 Å². The van der Waals surface area contributed by atoms with Crippen molar-refractivity contribution < 1.29 is 14.6 Å². The minimum absolute atomic E-state index is 0.113. The third-order valence-electron chi connectivity index (χ3n) is 4.58. The van der Waals surface area contributed by atoms with Gasteiger partial charge >= 0.3 is 5.97 Å². The van der Waals surface area contributed by atoms with Crippen molar-refractivity contribution in [3.8, 4) is 0 Å². The molecule has 6 atom stereocenters. The molecule has 1 N–H and O–H groups in total. The lowest BCUT2D eigenvalue weighted by atomic mass is 9.80. The highest BCUT2D eigenvalue weighted by atomic mass is 16.5. The zero-order chi connectivity index (χ0) is 11.9. The van der Waals surface area contributed by atoms with Crippen LogP contribution in [-0.4, -0.2) is 23.3 Å². The number of aliphatic hydroxyl groups is 1. The number of carbonyl (C=O) groups excluding carboxylic acids is 1. The quantitative estimate of drug-likeness (QED) is 0.748. The Labute approximate surface area is 97.2 Å². The lowest BCUT2D eigenvalue weighted by Gasteiger charge is -2.31. The molecular weight excluding hydrogens is 204 g/mol. The summed E-state index contributed by atoms with van der Waals surface area (Å²) in [5, 5.41) is 9.12. The first-order valence-corrected chi connectivity index (χ1v) is 6.36. The van der Waals surface area contributed by atoms with E-state index in [2.05, 4.69) is 13.8 Å². The van der Waals surface area contributed by atoms with E-state index in [9.17, 15) is 4.79 Å². The molecule has 0 heterocycles. The molecule has 0 radical (unpaired) electrons. The molecule has 2 fully saturated rings. The monoisotopic (exact) mass is 226 g/mol. The van der Waals surface area contributed by atoms with Gasteiger partial charge in [-0.3, -0.25) is 4.79 Å². The average molecular weight is 226 g/mol. The zero-order valence-corrected chi connectivity index (χ0v) is 10.3. The van der Waals surface area contributed by atoms with Crippen LogP contribution in [-0.2, 0) is 9.53 Å². The number of aliphatic hydroxyl groups excluding tert-OH is 1. The van der Waals surface area contributed by atoms with Crippen LogP contribution in [0, 0.1) is 23.7 Å². The smallest absolute Gasteiger partial charge is 0.308 e. The van der Waals surface area contributed by atoms with Crippen molar-refractivity contribution in [1.82, 2.24) is 0 Å². The van der Waals surface area contributed by atoms with Crippen LogP contribution in [0.4, 0.5) is 0 Å². The maximum atomic E-state index is 11.5. The van der Waals surface area contributed by atoms with Gasteiger partial charge in [-0.15, -0.1) is 0 Å². The van der Waals surface area contributed by atoms with Crippen molar-refractivity contribution in [3.63, 3.8) is 0 Å². The van der Waals surface area contributed by atoms with E-state index >= 15 is 0 Å². The van der Waals surface area contributed by atoms with Crippen molar-refractivity contribution in [2.45, 2.75) is 52.2 Å². The Bertz CT molecular complexity index is 272. The van der Waals surface area contributed by atoms with Crippen molar-refractivity contribution in [2.75, 3.05) is 0 Å². The van der Waals surface area contributed by atoms with Crippen molar-refractivity contribution >= 4 is 5.97 Å². The van der Waals surface area contributed by atoms with Gasteiger partial charge in [0.25, 0.3) is 0 Å². The first-order chi connectivity index (χ1) is 7.49. The summed E-state index contributed by atoms with van der Waals surface area (Å²) in [5.74, 6) is 2.49. The van der Waals surface area contributed by atoms with E-state index in [1.54, 1.807) is 6.92 Å². The minimum atomic E-state index is -0.595. The molecule has 2 bridgehead atoms. The molecule has 2 saturated carbocycles. The second-order valence-electron chi connectivity index (χ2n) is 5.70. The summed E-state index contributed by atoms with van der Waals surface area (Å²) in [4.78, 5) is 11.5. The third kappa shape index (κ3) is 2.10. The SMILES string of the molecule is CC(O)CC(=O)OC1CC2CC1C(C)C2C. The molecule has 6 unspecified atom stereocenters. The molecule has 2 aliphatic rings. The first-order valence-electron chi connectivity index (χ1n) is 6.36. The number of hydrogen-bond acceptors (Lipinski definition) is 3. The van der Waals surface area contributed by atoms with Crippen LogP contribution in [0.3, 0.4) is 0 Å². The predicted octanol–water partition coefficient (Wildman–Crippen LogP) is 1.98. The van der Waals surface area contributed by atoms with Crippen LogP contribution in [0.15, 0.2) is 0 Å². The van der Waals surface area contributed by atoms with Gasteiger partial charge in [-0.25, -0.2) is 0 Å². The molecule has 3 nitrogen and oxygen atoms in total. The van der Waals surface area contributed by atoms with Gasteiger partial charge in [0.05, 0.1) is 12.5 Å². The number of carbonyl (C=O) groups is 1. The fraction of sp³-hybridized carbons (Fsp3) is 0.923. The van der Waals surface area contributed by atoms with Crippen molar-refractivity contribution in [1.29, 1.82) is 0 Å². The number of hydrogen-bond donors (Lipinski definition) is 1. The van der Waals surface area contributed by atoms with Gasteiger partial charge in [0.1, 0.15) is 6.10 Å². The van der Waals surface area contributed by atoms with Crippen LogP contribution < -0.4 is 0 Å². The molecule has 0 amide bonds. The van der Waals surface area contributed by atoms with Gasteiger partial charge < -0.3 is 9.84 Å². The van der Waals surface area contributed by atoms with Gasteiger partial charge in [0.15, 0.2) is 0 Å². The van der Waals surface area contributed by atoms with E-state index in [1.165, 1.54) is 6.42 Å². The fourth-order valence-electron chi connectivity index (χ4n) is 3.47. The Morgan fingerprint density at radius 1 is 1.38 bits per heavy atom. The van der Waals surface area contributed by atoms with Crippen LogP contribution in [0.1, 0.15) is 40.0 Å². The normalized spacial score (nSPS) is 43.4. The van der Waals surface area contributed by atoms with E-state index < -0.39 is 6.10 Å². The summed E-state index contributed by atoms with van der Waals surface area (Å²) in [7, 11) is 0. The summed E-state index contributed by atoms with van der Waals surface area (Å²) in [6.45, 7) is 6.19. The summed E-state index contributed by atoms with van der Waals surface area (Å²) >= 11 is 0. The van der Waals surface area contributed by atoms with Crippen molar-refractivity contribution in [3.05, 3.63) is 0 Å². The molecule has 2 rings (SSSR count). The maximum absolute atomic E-state index is 11.5. The molecule has 0 aromatic rings. The number of esters is 1. The Kier molecular flexibility index (Phi) is 3.24. The maximum Gasteiger partial charge on any atom is 0.308 e. The Morgan fingerprint density at radius 3 is 2.56 bits per heavy atom. The lowest BCUT2D eigenvalue weighted by molar-refractivity contribution is -0.155. The van der Waals surface area contributed by atoms with Gasteiger partial charge in [0.2, 0.25) is 0 Å². The second-order valence-corrected chi connectivity index (χ2v) is 5.70. The minimum Gasteiger partial charge on any atom is -0.462 e. The molecule has 0 aliphatic heterocycles. The largest absolute Gasteiger partial charge is 0.462 e. The summed E-state index contributed by atoms with van der Waals surface area (Å²) < 4.78 is 5.48. The van der Waals surface area contributed by atoms with Crippen LogP contribution in [0.2, 0.25) is 0 Å². The molecule has 0 aromatic heterocycles. The first kappa shape index (κ1) is 11.9. The molecule has 0 spiro atoms. The Morgan fingerprint density at radius 2 is 2.06 bits per heavy atom.